The Kier molecular flexibility index (Phi) is 4.14. The molecule has 1 fully saturated rings. The molecule has 82 valence electrons. The molecular weight excluding hydrogens is 176 g/mol. The highest BCUT2D eigenvalue weighted by atomic mass is 16.7. The Labute approximate surface area is 87.3 Å². The van der Waals surface area contributed by atoms with Crippen molar-refractivity contribution in [3.8, 4) is 0 Å². The lowest BCUT2D eigenvalue weighted by atomic mass is 10.1. The van der Waals surface area contributed by atoms with Gasteiger partial charge in [-0.2, -0.15) is 0 Å². The first kappa shape index (κ1) is 11.7. The predicted molar refractivity (Wildman–Crippen MR) is 58.0 cm³/mol. The Morgan fingerprint density at radius 2 is 1.43 bits per heavy atom. The summed E-state index contributed by atoms with van der Waals surface area (Å²) in [6.45, 7) is 10.6. The van der Waals surface area contributed by atoms with E-state index in [1.54, 1.807) is 0 Å². The maximum absolute atomic E-state index is 5.69. The molecule has 1 aliphatic rings. The second-order valence-electron chi connectivity index (χ2n) is 4.54. The first-order chi connectivity index (χ1) is 6.50. The molecule has 0 radical (unpaired) electrons. The van der Waals surface area contributed by atoms with Crippen LogP contribution in [0.4, 0.5) is 0 Å². The summed E-state index contributed by atoms with van der Waals surface area (Å²) in [5.41, 5.74) is 0. The summed E-state index contributed by atoms with van der Waals surface area (Å²) in [6, 6.07) is 0. The van der Waals surface area contributed by atoms with Gasteiger partial charge in [0.25, 0.3) is 0 Å². The summed E-state index contributed by atoms with van der Waals surface area (Å²) in [4.78, 5) is 0. The molecule has 0 bridgehead atoms. The third kappa shape index (κ3) is 3.10. The van der Waals surface area contributed by atoms with Crippen molar-refractivity contribution in [3.05, 3.63) is 12.2 Å². The number of ether oxygens (including phenoxy) is 2. The number of hydrogen-bond donors (Lipinski definition) is 0. The minimum atomic E-state index is -0.0602. The molecule has 0 aromatic heterocycles. The monoisotopic (exact) mass is 198 g/mol. The van der Waals surface area contributed by atoms with Gasteiger partial charge in [0.05, 0.1) is 12.2 Å². The van der Waals surface area contributed by atoms with Crippen LogP contribution < -0.4 is 0 Å². The molecule has 0 spiro atoms. The van der Waals surface area contributed by atoms with E-state index in [4.69, 9.17) is 9.47 Å². The second-order valence-corrected chi connectivity index (χ2v) is 4.54. The van der Waals surface area contributed by atoms with E-state index in [0.29, 0.717) is 11.8 Å². The molecule has 0 aliphatic carbocycles. The fourth-order valence-electron chi connectivity index (χ4n) is 1.41. The van der Waals surface area contributed by atoms with Crippen molar-refractivity contribution in [1.82, 2.24) is 0 Å². The lowest BCUT2D eigenvalue weighted by Crippen LogP contribution is -2.17. The quantitative estimate of drug-likeness (QED) is 0.649. The number of rotatable bonds is 3. The fraction of sp³-hybridized carbons (Fsp3) is 0.833. The lowest BCUT2D eigenvalue weighted by Gasteiger charge is -2.15. The van der Waals surface area contributed by atoms with Crippen molar-refractivity contribution >= 4 is 0 Å². The van der Waals surface area contributed by atoms with Gasteiger partial charge in [0, 0.05) is 5.92 Å². The van der Waals surface area contributed by atoms with Crippen molar-refractivity contribution in [2.75, 3.05) is 0 Å². The third-order valence-electron chi connectivity index (χ3n) is 2.59. The first-order valence-electron chi connectivity index (χ1n) is 5.50. The lowest BCUT2D eigenvalue weighted by molar-refractivity contribution is -0.0849. The van der Waals surface area contributed by atoms with Gasteiger partial charge < -0.3 is 9.47 Å². The molecule has 0 unspecified atom stereocenters. The van der Waals surface area contributed by atoms with Crippen LogP contribution in [0.3, 0.4) is 0 Å². The van der Waals surface area contributed by atoms with Gasteiger partial charge >= 0.3 is 0 Å². The molecule has 0 aromatic carbocycles. The smallest absolute Gasteiger partial charge is 0.164 e. The number of allylic oxidation sites excluding steroid dienone is 1. The Hall–Kier alpha value is -0.340. The summed E-state index contributed by atoms with van der Waals surface area (Å²) in [6.07, 6.45) is 4.75. The van der Waals surface area contributed by atoms with Gasteiger partial charge in [-0.3, -0.25) is 0 Å². The van der Waals surface area contributed by atoms with Crippen molar-refractivity contribution < 1.29 is 9.47 Å². The molecule has 2 heteroatoms. The zero-order valence-corrected chi connectivity index (χ0v) is 9.86. The highest BCUT2D eigenvalue weighted by Gasteiger charge is 2.32. The van der Waals surface area contributed by atoms with Crippen molar-refractivity contribution in [2.24, 2.45) is 11.8 Å². The Morgan fingerprint density at radius 1 is 0.929 bits per heavy atom. The summed E-state index contributed by atoms with van der Waals surface area (Å²) in [7, 11) is 0. The standard InChI is InChI=1S/C12H22O2/c1-8(2)6-7-9(3)12-13-10(4)11(5)14-12/h6-12H,1-5H3/b7-6+/t9-,10+,11+/m0/s1. The molecule has 0 aromatic rings. The van der Waals surface area contributed by atoms with Gasteiger partial charge in [-0.05, 0) is 19.8 Å². The van der Waals surface area contributed by atoms with Gasteiger partial charge in [-0.15, -0.1) is 0 Å². The molecule has 0 amide bonds. The van der Waals surface area contributed by atoms with Crippen LogP contribution >= 0.6 is 0 Å². The highest BCUT2D eigenvalue weighted by molar-refractivity contribution is 4.91. The molecule has 1 rings (SSSR count). The normalized spacial score (nSPS) is 31.9. The van der Waals surface area contributed by atoms with E-state index >= 15 is 0 Å². The van der Waals surface area contributed by atoms with Crippen LogP contribution in [0.2, 0.25) is 0 Å². The largest absolute Gasteiger partial charge is 0.346 e. The fourth-order valence-corrected chi connectivity index (χ4v) is 1.41. The van der Waals surface area contributed by atoms with Crippen molar-refractivity contribution in [1.29, 1.82) is 0 Å². The molecule has 0 N–H and O–H groups in total. The molecule has 1 saturated heterocycles. The maximum atomic E-state index is 5.69. The predicted octanol–water partition coefficient (Wildman–Crippen LogP) is 2.98. The minimum Gasteiger partial charge on any atom is -0.346 e. The molecule has 3 atom stereocenters. The molecule has 0 saturated carbocycles. The van der Waals surface area contributed by atoms with E-state index in [9.17, 15) is 0 Å². The maximum Gasteiger partial charge on any atom is 0.164 e. The van der Waals surface area contributed by atoms with Gasteiger partial charge in [0.15, 0.2) is 6.29 Å². The van der Waals surface area contributed by atoms with Crippen LogP contribution in [0.5, 0.6) is 0 Å². The Balaban J connectivity index is 2.43. The van der Waals surface area contributed by atoms with E-state index in [0.717, 1.165) is 0 Å². The van der Waals surface area contributed by atoms with Crippen LogP contribution in [0.1, 0.15) is 34.6 Å². The average molecular weight is 198 g/mol. The third-order valence-corrected chi connectivity index (χ3v) is 2.59. The van der Waals surface area contributed by atoms with E-state index in [1.807, 2.05) is 0 Å². The van der Waals surface area contributed by atoms with Gasteiger partial charge in [-0.1, -0.05) is 32.9 Å². The summed E-state index contributed by atoms with van der Waals surface area (Å²) in [5, 5.41) is 0. The van der Waals surface area contributed by atoms with Gasteiger partial charge in [0.1, 0.15) is 0 Å². The molecule has 2 nitrogen and oxygen atoms in total. The summed E-state index contributed by atoms with van der Waals surface area (Å²) in [5.74, 6) is 0.929. The number of hydrogen-bond acceptors (Lipinski definition) is 2. The Bertz CT molecular complexity index is 188. The minimum absolute atomic E-state index is 0.0602. The van der Waals surface area contributed by atoms with E-state index in [1.165, 1.54) is 0 Å². The highest BCUT2D eigenvalue weighted by Crippen LogP contribution is 2.24. The van der Waals surface area contributed by atoms with Crippen LogP contribution in [-0.2, 0) is 9.47 Å². The Morgan fingerprint density at radius 3 is 1.86 bits per heavy atom. The first-order valence-corrected chi connectivity index (χ1v) is 5.50. The van der Waals surface area contributed by atoms with E-state index in [2.05, 4.69) is 46.8 Å². The topological polar surface area (TPSA) is 18.5 Å². The van der Waals surface area contributed by atoms with Crippen molar-refractivity contribution in [3.63, 3.8) is 0 Å². The second kappa shape index (κ2) is 4.94. The van der Waals surface area contributed by atoms with E-state index < -0.39 is 0 Å². The molecule has 1 aliphatic heterocycles. The van der Waals surface area contributed by atoms with Crippen LogP contribution in [0, 0.1) is 11.8 Å². The molecule has 14 heavy (non-hydrogen) atoms. The van der Waals surface area contributed by atoms with E-state index in [-0.39, 0.29) is 18.5 Å². The SMILES string of the molecule is CC(C)/C=C/[C@H](C)C1O[C@H](C)[C@@H](C)O1. The van der Waals surface area contributed by atoms with Gasteiger partial charge in [0.2, 0.25) is 0 Å². The summed E-state index contributed by atoms with van der Waals surface area (Å²) < 4.78 is 11.4. The molecule has 1 heterocycles. The van der Waals surface area contributed by atoms with Crippen LogP contribution in [0.15, 0.2) is 12.2 Å². The van der Waals surface area contributed by atoms with Crippen molar-refractivity contribution in [2.45, 2.75) is 53.1 Å². The zero-order valence-electron chi connectivity index (χ0n) is 9.86. The average Bonchev–Trinajstić information content (AvgIpc) is 2.43. The van der Waals surface area contributed by atoms with Crippen LogP contribution in [-0.4, -0.2) is 18.5 Å². The van der Waals surface area contributed by atoms with Gasteiger partial charge in [-0.25, -0.2) is 0 Å². The summed E-state index contributed by atoms with van der Waals surface area (Å²) >= 11 is 0. The van der Waals surface area contributed by atoms with Crippen LogP contribution in [0.25, 0.3) is 0 Å². The molecular formula is C12H22O2. The zero-order chi connectivity index (χ0) is 10.7.